The maximum Gasteiger partial charge on any atom is 0.573 e. The fourth-order valence-electron chi connectivity index (χ4n) is 3.89. The number of halogens is 4. The van der Waals surface area contributed by atoms with Gasteiger partial charge in [-0.2, -0.15) is 4.99 Å². The van der Waals surface area contributed by atoms with E-state index >= 15 is 0 Å². The quantitative estimate of drug-likeness (QED) is 0.280. The number of ether oxygens (including phenoxy) is 3. The zero-order valence-electron chi connectivity index (χ0n) is 22.2. The molecule has 0 saturated heterocycles. The molecule has 13 heteroatoms. The Balaban J connectivity index is 2.09. The average molecular weight is 584 g/mol. The third-order valence-electron chi connectivity index (χ3n) is 6.01. The fraction of sp³-hybridized carbons (Fsp3) is 0.370. The van der Waals surface area contributed by atoms with E-state index < -0.39 is 42.0 Å². The number of hydrogen-bond acceptors (Lipinski definition) is 7. The summed E-state index contributed by atoms with van der Waals surface area (Å²) in [5.41, 5.74) is -0.348. The van der Waals surface area contributed by atoms with Crippen molar-refractivity contribution in [1.29, 1.82) is 0 Å². The third kappa shape index (κ3) is 7.96. The van der Waals surface area contributed by atoms with Crippen LogP contribution in [0.25, 0.3) is 0 Å². The second-order valence-corrected chi connectivity index (χ2v) is 9.49. The van der Waals surface area contributed by atoms with Gasteiger partial charge in [-0.25, -0.2) is 4.79 Å². The second kappa shape index (κ2) is 13.2. The molecule has 0 aliphatic heterocycles. The first-order valence-electron chi connectivity index (χ1n) is 12.1. The normalized spacial score (nSPS) is 13.7. The van der Waals surface area contributed by atoms with Crippen LogP contribution in [-0.2, 0) is 24.8 Å². The lowest BCUT2D eigenvalue weighted by Gasteiger charge is -2.19. The van der Waals surface area contributed by atoms with Crippen molar-refractivity contribution in [3.63, 3.8) is 0 Å². The van der Waals surface area contributed by atoms with Gasteiger partial charge in [-0.05, 0) is 43.2 Å². The van der Waals surface area contributed by atoms with Crippen LogP contribution in [-0.4, -0.2) is 46.3 Å². The van der Waals surface area contributed by atoms with Crippen LogP contribution in [0.3, 0.4) is 0 Å². The van der Waals surface area contributed by atoms with Gasteiger partial charge in [0.2, 0.25) is 0 Å². The van der Waals surface area contributed by atoms with E-state index in [0.717, 1.165) is 26.8 Å². The molecule has 3 aromatic rings. The van der Waals surface area contributed by atoms with Gasteiger partial charge in [-0.15, -0.1) is 13.2 Å². The molecular weight excluding hydrogens is 555 g/mol. The molecule has 0 fully saturated rings. The Morgan fingerprint density at radius 1 is 1.12 bits per heavy atom. The summed E-state index contributed by atoms with van der Waals surface area (Å²) in [6.07, 6.45) is -5.27. The molecule has 0 amide bonds. The van der Waals surface area contributed by atoms with Crippen LogP contribution in [0.4, 0.5) is 19.0 Å². The highest BCUT2D eigenvalue weighted by molar-refractivity contribution is 6.30. The number of alkyl halides is 3. The molecule has 0 aliphatic carbocycles. The smallest absolute Gasteiger partial charge is 0.442 e. The van der Waals surface area contributed by atoms with Crippen molar-refractivity contribution in [1.82, 2.24) is 9.13 Å². The minimum absolute atomic E-state index is 0.00451. The Morgan fingerprint density at radius 3 is 2.38 bits per heavy atom. The molecule has 9 nitrogen and oxygen atoms in total. The summed E-state index contributed by atoms with van der Waals surface area (Å²) in [5.74, 6) is -0.898. The molecule has 0 aliphatic rings. The van der Waals surface area contributed by atoms with Gasteiger partial charge in [-0.3, -0.25) is 13.9 Å². The fourth-order valence-corrected chi connectivity index (χ4v) is 4.02. The number of rotatable bonds is 10. The van der Waals surface area contributed by atoms with E-state index in [1.54, 1.807) is 19.1 Å². The maximum absolute atomic E-state index is 13.1. The molecule has 1 heterocycles. The summed E-state index contributed by atoms with van der Waals surface area (Å²) in [6.45, 7) is 2.69. The first kappa shape index (κ1) is 30.9. The van der Waals surface area contributed by atoms with E-state index in [0.29, 0.717) is 11.4 Å². The predicted octanol–water partition coefficient (Wildman–Crippen LogP) is 4.40. The number of aliphatic hydroxyl groups is 1. The summed E-state index contributed by atoms with van der Waals surface area (Å²) in [6, 6.07) is 12.0. The first-order chi connectivity index (χ1) is 18.8. The summed E-state index contributed by atoms with van der Waals surface area (Å²) in [4.78, 5) is 30.7. The Morgan fingerprint density at radius 2 is 1.77 bits per heavy atom. The maximum atomic E-state index is 13.1. The van der Waals surface area contributed by atoms with Crippen LogP contribution < -0.4 is 20.7 Å². The molecule has 1 aromatic heterocycles. The van der Waals surface area contributed by atoms with Crippen LogP contribution in [0.2, 0.25) is 5.02 Å². The summed E-state index contributed by atoms with van der Waals surface area (Å²) < 4.78 is 55.4. The number of aliphatic imine (C=N–C) groups is 1. The molecule has 3 rings (SSSR count). The minimum atomic E-state index is -4.89. The second-order valence-electron chi connectivity index (χ2n) is 9.05. The number of methoxy groups -OCH3 is 1. The Labute approximate surface area is 233 Å². The summed E-state index contributed by atoms with van der Waals surface area (Å²) in [5, 5.41) is 9.98. The minimum Gasteiger partial charge on any atom is -0.442 e. The molecule has 0 radical (unpaired) electrons. The molecule has 2 atom stereocenters. The highest BCUT2D eigenvalue weighted by atomic mass is 35.5. The standard InChI is InChI=1S/C27H29ClF3N3O6/c1-16(12-18-8-10-19(28)11-9-18)24(39-20-6-5-7-21(13-20)40-27(29,30)31)32-23-17(2)25(36)34(26(37)33(23)3)14-22(15-35)38-4/h5-11,13,16,22,35H,12,14-15H2,1-4H3. The Kier molecular flexibility index (Phi) is 10.2. The average Bonchev–Trinajstić information content (AvgIpc) is 2.90. The van der Waals surface area contributed by atoms with Gasteiger partial charge in [0.15, 0.2) is 5.90 Å². The Bertz CT molecular complexity index is 1430. The van der Waals surface area contributed by atoms with Gasteiger partial charge in [0.25, 0.3) is 5.56 Å². The predicted molar refractivity (Wildman–Crippen MR) is 144 cm³/mol. The van der Waals surface area contributed by atoms with E-state index in [-0.39, 0.29) is 29.6 Å². The number of nitrogens with zero attached hydrogens (tertiary/aromatic N) is 3. The lowest BCUT2D eigenvalue weighted by molar-refractivity contribution is -0.274. The molecule has 2 aromatic carbocycles. The van der Waals surface area contributed by atoms with E-state index in [1.165, 1.54) is 33.2 Å². The highest BCUT2D eigenvalue weighted by Gasteiger charge is 2.31. The number of aromatic nitrogens is 2. The van der Waals surface area contributed by atoms with Crippen molar-refractivity contribution in [3.8, 4) is 11.5 Å². The largest absolute Gasteiger partial charge is 0.573 e. The monoisotopic (exact) mass is 583 g/mol. The van der Waals surface area contributed by atoms with Crippen LogP contribution in [0.1, 0.15) is 18.1 Å². The Hall–Kier alpha value is -3.61. The van der Waals surface area contributed by atoms with Crippen LogP contribution >= 0.6 is 11.6 Å². The molecule has 216 valence electrons. The summed E-state index contributed by atoms with van der Waals surface area (Å²) >= 11 is 5.99. The zero-order valence-corrected chi connectivity index (χ0v) is 23.0. The van der Waals surface area contributed by atoms with Crippen molar-refractivity contribution < 1.29 is 32.5 Å². The van der Waals surface area contributed by atoms with Gasteiger partial charge in [0.1, 0.15) is 17.3 Å². The first-order valence-corrected chi connectivity index (χ1v) is 12.5. The molecule has 2 unspecified atom stereocenters. The number of aliphatic hydroxyl groups excluding tert-OH is 1. The molecule has 40 heavy (non-hydrogen) atoms. The van der Waals surface area contributed by atoms with Gasteiger partial charge in [0.05, 0.1) is 24.8 Å². The lowest BCUT2D eigenvalue weighted by Crippen LogP contribution is -2.43. The summed E-state index contributed by atoms with van der Waals surface area (Å²) in [7, 11) is 2.77. The van der Waals surface area contributed by atoms with Crippen molar-refractivity contribution in [3.05, 3.63) is 85.5 Å². The lowest BCUT2D eigenvalue weighted by atomic mass is 10.0. The van der Waals surface area contributed by atoms with Crippen molar-refractivity contribution in [2.45, 2.75) is 39.3 Å². The van der Waals surface area contributed by atoms with Crippen molar-refractivity contribution in [2.24, 2.45) is 18.0 Å². The molecule has 0 saturated carbocycles. The van der Waals surface area contributed by atoms with E-state index in [2.05, 4.69) is 9.73 Å². The van der Waals surface area contributed by atoms with Gasteiger partial charge in [-0.1, -0.05) is 36.7 Å². The van der Waals surface area contributed by atoms with Crippen molar-refractivity contribution in [2.75, 3.05) is 13.7 Å². The third-order valence-corrected chi connectivity index (χ3v) is 6.27. The van der Waals surface area contributed by atoms with Crippen LogP contribution in [0.5, 0.6) is 11.5 Å². The molecule has 0 bridgehead atoms. The van der Waals surface area contributed by atoms with Crippen molar-refractivity contribution >= 4 is 23.3 Å². The van der Waals surface area contributed by atoms with Gasteiger partial charge < -0.3 is 19.3 Å². The highest BCUT2D eigenvalue weighted by Crippen LogP contribution is 2.28. The zero-order chi connectivity index (χ0) is 29.6. The molecule has 1 N–H and O–H groups in total. The SMILES string of the molecule is COC(CO)Cn1c(=O)c(C)c(N=C(Oc2cccc(OC(F)(F)F)c2)C(C)Cc2ccc(Cl)cc2)n(C)c1=O. The molecule has 0 spiro atoms. The van der Waals surface area contributed by atoms with Gasteiger partial charge in [0, 0.05) is 31.2 Å². The van der Waals surface area contributed by atoms with E-state index in [4.69, 9.17) is 21.1 Å². The number of hydrogen-bond donors (Lipinski definition) is 1. The van der Waals surface area contributed by atoms with E-state index in [9.17, 15) is 27.9 Å². The van der Waals surface area contributed by atoms with Crippen LogP contribution in [0, 0.1) is 12.8 Å². The topological polar surface area (TPSA) is 104 Å². The van der Waals surface area contributed by atoms with Crippen LogP contribution in [0.15, 0.2) is 63.1 Å². The van der Waals surface area contributed by atoms with E-state index in [1.807, 2.05) is 12.1 Å². The van der Waals surface area contributed by atoms with Gasteiger partial charge >= 0.3 is 12.1 Å². The molecular formula is C27H29ClF3N3O6. The number of benzene rings is 2.